The highest BCUT2D eigenvalue weighted by molar-refractivity contribution is 7.85. The number of aryl methyl sites for hydroxylation is 1. The molecular formula is C21H31O6PSSi. The fraction of sp³-hybridized carbons (Fsp3) is 0.429. The zero-order valence-electron chi connectivity index (χ0n) is 18.0. The monoisotopic (exact) mass is 470 g/mol. The Bertz CT molecular complexity index is 870. The number of hydrogen-bond donors (Lipinski definition) is 1. The average Bonchev–Trinajstić information content (AvgIpc) is 2.70. The van der Waals surface area contributed by atoms with Gasteiger partial charge in [0.1, 0.15) is 0 Å². The van der Waals surface area contributed by atoms with E-state index in [1.807, 2.05) is 27.7 Å². The molecule has 2 aromatic rings. The van der Waals surface area contributed by atoms with Crippen LogP contribution >= 0.6 is 7.92 Å². The van der Waals surface area contributed by atoms with Crippen LogP contribution in [0.1, 0.15) is 26.3 Å². The molecule has 1 unspecified atom stereocenters. The lowest BCUT2D eigenvalue weighted by atomic mass is 10.2. The van der Waals surface area contributed by atoms with Crippen LogP contribution in [0.5, 0.6) is 0 Å². The van der Waals surface area contributed by atoms with Crippen molar-refractivity contribution in [3.63, 3.8) is 0 Å². The molecular weight excluding hydrogens is 439 g/mol. The van der Waals surface area contributed by atoms with Gasteiger partial charge in [-0.25, -0.2) is 0 Å². The van der Waals surface area contributed by atoms with Crippen LogP contribution in [-0.4, -0.2) is 47.8 Å². The maximum absolute atomic E-state index is 11.4. The third-order valence-electron chi connectivity index (χ3n) is 4.53. The zero-order valence-corrected chi connectivity index (χ0v) is 20.7. The summed E-state index contributed by atoms with van der Waals surface area (Å²) < 4.78 is 50.1. The zero-order chi connectivity index (χ0) is 22.2. The summed E-state index contributed by atoms with van der Waals surface area (Å²) in [5.74, 6) is 0. The molecule has 0 heterocycles. The van der Waals surface area contributed by atoms with Gasteiger partial charge in [-0.05, 0) is 64.5 Å². The Morgan fingerprint density at radius 1 is 0.833 bits per heavy atom. The van der Waals surface area contributed by atoms with Gasteiger partial charge in [-0.15, -0.1) is 0 Å². The predicted molar refractivity (Wildman–Crippen MR) is 124 cm³/mol. The van der Waals surface area contributed by atoms with Crippen molar-refractivity contribution in [3.8, 4) is 0 Å². The lowest BCUT2D eigenvalue weighted by Gasteiger charge is -2.30. The minimum absolute atomic E-state index is 0.105. The van der Waals surface area contributed by atoms with Gasteiger partial charge in [0.2, 0.25) is 0 Å². The van der Waals surface area contributed by atoms with E-state index < -0.39 is 26.8 Å². The van der Waals surface area contributed by atoms with E-state index in [-0.39, 0.29) is 4.90 Å². The summed E-state index contributed by atoms with van der Waals surface area (Å²) in [6, 6.07) is 15.5. The van der Waals surface area contributed by atoms with E-state index in [1.54, 1.807) is 12.1 Å². The minimum atomic E-state index is -4.22. The second-order valence-electron chi connectivity index (χ2n) is 6.69. The Balaban J connectivity index is 2.37. The van der Waals surface area contributed by atoms with Crippen LogP contribution in [0.2, 0.25) is 6.04 Å². The van der Waals surface area contributed by atoms with Crippen molar-refractivity contribution >= 4 is 37.5 Å². The maximum atomic E-state index is 11.4. The van der Waals surface area contributed by atoms with E-state index in [0.717, 1.165) is 11.5 Å². The van der Waals surface area contributed by atoms with Gasteiger partial charge in [-0.3, -0.25) is 4.55 Å². The van der Waals surface area contributed by atoms with E-state index in [4.69, 9.17) is 13.3 Å². The van der Waals surface area contributed by atoms with Crippen LogP contribution in [0, 0.1) is 6.92 Å². The smallest absolute Gasteiger partial charge is 0.374 e. The first kappa shape index (κ1) is 25.1. The molecule has 0 saturated heterocycles. The molecule has 1 N–H and O–H groups in total. The minimum Gasteiger partial charge on any atom is -0.374 e. The van der Waals surface area contributed by atoms with Gasteiger partial charge in [0, 0.05) is 25.9 Å². The molecule has 9 heteroatoms. The van der Waals surface area contributed by atoms with Crippen LogP contribution in [0.25, 0.3) is 0 Å². The van der Waals surface area contributed by atoms with E-state index >= 15 is 0 Å². The molecule has 0 radical (unpaired) electrons. The summed E-state index contributed by atoms with van der Waals surface area (Å²) in [5.41, 5.74) is 1.18. The molecule has 2 rings (SSSR count). The number of hydrogen-bond acceptors (Lipinski definition) is 5. The summed E-state index contributed by atoms with van der Waals surface area (Å²) in [5, 5.41) is 2.20. The van der Waals surface area contributed by atoms with Crippen LogP contribution < -0.4 is 10.6 Å². The summed E-state index contributed by atoms with van der Waals surface area (Å²) in [7, 11) is -7.80. The highest BCUT2D eigenvalue weighted by Gasteiger charge is 2.40. The molecule has 0 amide bonds. The SMILES string of the molecule is CCO[Si](CCP(c1ccc(C)cc1)c1ccc(S(=O)(=O)O)cc1)(OCC)OCC. The molecule has 0 aliphatic carbocycles. The average molecular weight is 471 g/mol. The fourth-order valence-electron chi connectivity index (χ4n) is 3.18. The number of rotatable bonds is 12. The van der Waals surface area contributed by atoms with Crippen molar-refractivity contribution in [1.29, 1.82) is 0 Å². The second-order valence-corrected chi connectivity index (χ2v) is 13.2. The second kappa shape index (κ2) is 11.5. The Morgan fingerprint density at radius 2 is 1.27 bits per heavy atom. The van der Waals surface area contributed by atoms with Gasteiger partial charge in [0.15, 0.2) is 0 Å². The third kappa shape index (κ3) is 6.95. The quantitative estimate of drug-likeness (QED) is 0.289. The summed E-state index contributed by atoms with van der Waals surface area (Å²) >= 11 is 0. The molecule has 0 saturated carbocycles. The summed E-state index contributed by atoms with van der Waals surface area (Å²) in [6.07, 6.45) is 0.788. The van der Waals surface area contributed by atoms with Crippen molar-refractivity contribution in [2.45, 2.75) is 38.6 Å². The Hall–Kier alpha value is -1.12. The van der Waals surface area contributed by atoms with Crippen LogP contribution in [0.4, 0.5) is 0 Å². The standard InChI is InChI=1S/C21H31O6PSSi/c1-5-25-30(26-6-2,27-7-3)17-16-28(19-10-8-18(4)9-11-19)20-12-14-21(15-13-20)29(22,23)24/h8-15H,5-7,16-17H2,1-4H3,(H,22,23,24). The van der Waals surface area contributed by atoms with Gasteiger partial charge in [-0.2, -0.15) is 8.42 Å². The van der Waals surface area contributed by atoms with E-state index in [9.17, 15) is 13.0 Å². The van der Waals surface area contributed by atoms with Gasteiger partial charge in [0.05, 0.1) is 4.90 Å². The Kier molecular flexibility index (Phi) is 9.62. The molecule has 2 aromatic carbocycles. The normalized spacial score (nSPS) is 13.4. The van der Waals surface area contributed by atoms with E-state index in [2.05, 4.69) is 24.3 Å². The Labute approximate surface area is 182 Å². The van der Waals surface area contributed by atoms with Crippen molar-refractivity contribution in [2.24, 2.45) is 0 Å². The molecule has 0 spiro atoms. The third-order valence-corrected chi connectivity index (χ3v) is 11.4. The first-order valence-electron chi connectivity index (χ1n) is 10.1. The van der Waals surface area contributed by atoms with Crippen LogP contribution in [-0.2, 0) is 23.4 Å². The lowest BCUT2D eigenvalue weighted by molar-refractivity contribution is 0.0728. The fourth-order valence-corrected chi connectivity index (χ4v) is 9.48. The van der Waals surface area contributed by atoms with Crippen molar-refractivity contribution in [1.82, 2.24) is 0 Å². The molecule has 0 bridgehead atoms. The van der Waals surface area contributed by atoms with E-state index in [0.29, 0.717) is 25.9 Å². The maximum Gasteiger partial charge on any atom is 0.501 e. The molecule has 1 atom stereocenters. The van der Waals surface area contributed by atoms with Gasteiger partial charge < -0.3 is 13.3 Å². The molecule has 0 aromatic heterocycles. The first-order valence-corrected chi connectivity index (χ1v) is 15.0. The first-order chi connectivity index (χ1) is 14.2. The predicted octanol–water partition coefficient (Wildman–Crippen LogP) is 3.72. The van der Waals surface area contributed by atoms with Crippen molar-refractivity contribution < 1.29 is 26.2 Å². The van der Waals surface area contributed by atoms with Gasteiger partial charge in [-0.1, -0.05) is 42.0 Å². The van der Waals surface area contributed by atoms with Crippen LogP contribution in [0.15, 0.2) is 53.4 Å². The molecule has 30 heavy (non-hydrogen) atoms. The molecule has 6 nitrogen and oxygen atoms in total. The topological polar surface area (TPSA) is 82.1 Å². The molecule has 166 valence electrons. The summed E-state index contributed by atoms with van der Waals surface area (Å²) in [4.78, 5) is -0.105. The van der Waals surface area contributed by atoms with E-state index in [1.165, 1.54) is 23.0 Å². The lowest BCUT2D eigenvalue weighted by Crippen LogP contribution is -2.46. The largest absolute Gasteiger partial charge is 0.501 e. The highest BCUT2D eigenvalue weighted by Crippen LogP contribution is 2.37. The summed E-state index contributed by atoms with van der Waals surface area (Å²) in [6.45, 7) is 9.45. The van der Waals surface area contributed by atoms with Gasteiger partial charge >= 0.3 is 8.80 Å². The van der Waals surface area contributed by atoms with Crippen molar-refractivity contribution in [3.05, 3.63) is 54.1 Å². The van der Waals surface area contributed by atoms with Crippen LogP contribution in [0.3, 0.4) is 0 Å². The highest BCUT2D eigenvalue weighted by atomic mass is 32.2. The van der Waals surface area contributed by atoms with Gasteiger partial charge in [0.25, 0.3) is 10.1 Å². The number of benzene rings is 2. The molecule has 0 fully saturated rings. The Morgan fingerprint density at radius 3 is 1.67 bits per heavy atom. The molecule has 0 aliphatic heterocycles. The van der Waals surface area contributed by atoms with Crippen molar-refractivity contribution in [2.75, 3.05) is 26.0 Å². The molecule has 0 aliphatic rings.